The third-order valence-corrected chi connectivity index (χ3v) is 3.94. The van der Waals surface area contributed by atoms with Crippen LogP contribution in [0.4, 0.5) is 13.2 Å². The number of hydrogen-bond donors (Lipinski definition) is 0. The number of pyridine rings is 1. The van der Waals surface area contributed by atoms with Crippen LogP contribution < -0.4 is 9.47 Å². The summed E-state index contributed by atoms with van der Waals surface area (Å²) in [5.41, 5.74) is 2.14. The Morgan fingerprint density at radius 3 is 2.58 bits per heavy atom. The summed E-state index contributed by atoms with van der Waals surface area (Å²) in [7, 11) is 0. The molecule has 5 nitrogen and oxygen atoms in total. The van der Waals surface area contributed by atoms with Crippen molar-refractivity contribution in [2.75, 3.05) is 13.2 Å². The molecule has 3 rings (SSSR count). The Bertz CT molecular complexity index is 791. The second kappa shape index (κ2) is 7.23. The number of halogens is 3. The molecule has 0 saturated carbocycles. The van der Waals surface area contributed by atoms with Gasteiger partial charge in [0.1, 0.15) is 5.75 Å². The van der Waals surface area contributed by atoms with Crippen molar-refractivity contribution in [1.29, 1.82) is 0 Å². The number of amides is 1. The lowest BCUT2D eigenvalue weighted by Crippen LogP contribution is -2.36. The second-order valence-electron chi connectivity index (χ2n) is 5.74. The Labute approximate surface area is 148 Å². The zero-order valence-electron chi connectivity index (χ0n) is 14.0. The quantitative estimate of drug-likeness (QED) is 0.830. The van der Waals surface area contributed by atoms with Crippen molar-refractivity contribution in [2.45, 2.75) is 26.3 Å². The van der Waals surface area contributed by atoms with Gasteiger partial charge in [-0.25, -0.2) is 4.98 Å². The summed E-state index contributed by atoms with van der Waals surface area (Å²) in [5, 5.41) is 0. The summed E-state index contributed by atoms with van der Waals surface area (Å²) in [6.07, 6.45) is -4.16. The SMILES string of the molecule is CCOc1ccc2c(n1)CCN(C(=O)c1ccc(OC(F)(F)F)cc1)C2. The first-order valence-corrected chi connectivity index (χ1v) is 8.12. The van der Waals surface area contributed by atoms with Gasteiger partial charge in [-0.15, -0.1) is 13.2 Å². The van der Waals surface area contributed by atoms with Gasteiger partial charge in [-0.2, -0.15) is 0 Å². The number of aromatic nitrogens is 1. The van der Waals surface area contributed by atoms with Crippen LogP contribution in [0.15, 0.2) is 36.4 Å². The Morgan fingerprint density at radius 1 is 1.19 bits per heavy atom. The molecule has 0 atom stereocenters. The molecule has 0 spiro atoms. The van der Waals surface area contributed by atoms with Crippen molar-refractivity contribution >= 4 is 5.91 Å². The van der Waals surface area contributed by atoms with E-state index in [2.05, 4.69) is 9.72 Å². The van der Waals surface area contributed by atoms with Crippen LogP contribution in [0.1, 0.15) is 28.5 Å². The van der Waals surface area contributed by atoms with Gasteiger partial charge in [0.2, 0.25) is 5.88 Å². The predicted octanol–water partition coefficient (Wildman–Crippen LogP) is 3.58. The lowest BCUT2D eigenvalue weighted by Gasteiger charge is -2.28. The minimum Gasteiger partial charge on any atom is -0.478 e. The van der Waals surface area contributed by atoms with Crippen molar-refractivity contribution in [3.8, 4) is 11.6 Å². The van der Waals surface area contributed by atoms with Gasteiger partial charge in [0, 0.05) is 31.1 Å². The van der Waals surface area contributed by atoms with Gasteiger partial charge >= 0.3 is 6.36 Å². The van der Waals surface area contributed by atoms with E-state index in [1.54, 1.807) is 11.0 Å². The number of carbonyl (C=O) groups is 1. The minimum atomic E-state index is -4.75. The molecule has 0 fully saturated rings. The van der Waals surface area contributed by atoms with Crippen molar-refractivity contribution in [3.63, 3.8) is 0 Å². The van der Waals surface area contributed by atoms with Crippen molar-refractivity contribution in [3.05, 3.63) is 53.2 Å². The van der Waals surface area contributed by atoms with E-state index >= 15 is 0 Å². The van der Waals surface area contributed by atoms with Crippen LogP contribution in [0.25, 0.3) is 0 Å². The Kier molecular flexibility index (Phi) is 5.01. The molecule has 0 unspecified atom stereocenters. The zero-order chi connectivity index (χ0) is 18.7. The van der Waals surface area contributed by atoms with E-state index in [1.165, 1.54) is 12.1 Å². The lowest BCUT2D eigenvalue weighted by atomic mass is 10.0. The standard InChI is InChI=1S/C18H17F3N2O3/c1-2-25-16-8-5-13-11-23(10-9-15(13)22-16)17(24)12-3-6-14(7-4-12)26-18(19,20)21/h3-8H,2,9-11H2,1H3. The molecule has 0 saturated heterocycles. The van der Waals surface area contributed by atoms with E-state index < -0.39 is 6.36 Å². The first kappa shape index (κ1) is 18.0. The topological polar surface area (TPSA) is 51.7 Å². The largest absolute Gasteiger partial charge is 0.573 e. The molecular formula is C18H17F3N2O3. The molecule has 2 aromatic rings. The maximum atomic E-state index is 12.6. The molecule has 138 valence electrons. The molecule has 1 aromatic carbocycles. The van der Waals surface area contributed by atoms with E-state index in [-0.39, 0.29) is 11.7 Å². The summed E-state index contributed by atoms with van der Waals surface area (Å²) >= 11 is 0. The van der Waals surface area contributed by atoms with Gasteiger partial charge in [-0.1, -0.05) is 6.07 Å². The van der Waals surface area contributed by atoms with E-state index in [9.17, 15) is 18.0 Å². The van der Waals surface area contributed by atoms with Gasteiger partial charge in [-0.3, -0.25) is 4.79 Å². The highest BCUT2D eigenvalue weighted by Gasteiger charge is 2.31. The fourth-order valence-corrected chi connectivity index (χ4v) is 2.78. The molecule has 0 N–H and O–H groups in total. The number of fused-ring (bicyclic) bond motifs is 1. The molecule has 0 aliphatic carbocycles. The molecule has 0 bridgehead atoms. The smallest absolute Gasteiger partial charge is 0.478 e. The number of hydrogen-bond acceptors (Lipinski definition) is 4. The first-order valence-electron chi connectivity index (χ1n) is 8.12. The van der Waals surface area contributed by atoms with Crippen molar-refractivity contribution < 1.29 is 27.4 Å². The summed E-state index contributed by atoms with van der Waals surface area (Å²) in [6.45, 7) is 3.29. The average Bonchev–Trinajstić information content (AvgIpc) is 2.60. The van der Waals surface area contributed by atoms with Crippen LogP contribution in [0.2, 0.25) is 0 Å². The lowest BCUT2D eigenvalue weighted by molar-refractivity contribution is -0.274. The third kappa shape index (κ3) is 4.25. The second-order valence-corrected chi connectivity index (χ2v) is 5.74. The van der Waals surface area contributed by atoms with Gasteiger partial charge in [-0.05, 0) is 36.8 Å². The van der Waals surface area contributed by atoms with Gasteiger partial charge in [0.05, 0.1) is 12.3 Å². The van der Waals surface area contributed by atoms with Crippen LogP contribution in [0, 0.1) is 0 Å². The first-order chi connectivity index (χ1) is 12.4. The van der Waals surface area contributed by atoms with Crippen LogP contribution in [-0.2, 0) is 13.0 Å². The third-order valence-electron chi connectivity index (χ3n) is 3.94. The number of benzene rings is 1. The monoisotopic (exact) mass is 366 g/mol. The number of nitrogens with zero attached hydrogens (tertiary/aromatic N) is 2. The van der Waals surface area contributed by atoms with Crippen LogP contribution in [0.5, 0.6) is 11.6 Å². The Balaban J connectivity index is 1.69. The molecule has 1 aliphatic rings. The molecule has 1 aliphatic heterocycles. The summed E-state index contributed by atoms with van der Waals surface area (Å²) in [6, 6.07) is 8.57. The zero-order valence-corrected chi connectivity index (χ0v) is 14.0. The molecule has 1 amide bonds. The molecule has 26 heavy (non-hydrogen) atoms. The summed E-state index contributed by atoms with van der Waals surface area (Å²) in [4.78, 5) is 18.7. The highest BCUT2D eigenvalue weighted by Crippen LogP contribution is 2.25. The maximum absolute atomic E-state index is 12.6. The Morgan fingerprint density at radius 2 is 1.92 bits per heavy atom. The minimum absolute atomic E-state index is 0.247. The van der Waals surface area contributed by atoms with Gasteiger partial charge in [0.25, 0.3) is 5.91 Å². The average molecular weight is 366 g/mol. The number of ether oxygens (including phenoxy) is 2. The van der Waals surface area contributed by atoms with E-state index in [0.29, 0.717) is 37.6 Å². The number of alkyl halides is 3. The van der Waals surface area contributed by atoms with Crippen molar-refractivity contribution in [2.24, 2.45) is 0 Å². The Hall–Kier alpha value is -2.77. The predicted molar refractivity (Wildman–Crippen MR) is 87.0 cm³/mol. The van der Waals surface area contributed by atoms with E-state index in [0.717, 1.165) is 23.4 Å². The summed E-state index contributed by atoms with van der Waals surface area (Å²) in [5.74, 6) is -0.0416. The van der Waals surface area contributed by atoms with Crippen LogP contribution >= 0.6 is 0 Å². The van der Waals surface area contributed by atoms with Crippen LogP contribution in [0.3, 0.4) is 0 Å². The fourth-order valence-electron chi connectivity index (χ4n) is 2.78. The number of rotatable bonds is 4. The maximum Gasteiger partial charge on any atom is 0.573 e. The fraction of sp³-hybridized carbons (Fsp3) is 0.333. The number of carbonyl (C=O) groups excluding carboxylic acids is 1. The molecule has 0 radical (unpaired) electrons. The van der Waals surface area contributed by atoms with E-state index in [4.69, 9.17) is 4.74 Å². The van der Waals surface area contributed by atoms with Crippen molar-refractivity contribution in [1.82, 2.24) is 9.88 Å². The molecule has 2 heterocycles. The highest BCUT2D eigenvalue weighted by molar-refractivity contribution is 5.94. The highest BCUT2D eigenvalue weighted by atomic mass is 19.4. The van der Waals surface area contributed by atoms with Gasteiger partial charge in [0.15, 0.2) is 0 Å². The van der Waals surface area contributed by atoms with Gasteiger partial charge < -0.3 is 14.4 Å². The normalized spacial score (nSPS) is 13.9. The summed E-state index contributed by atoms with van der Waals surface area (Å²) < 4.78 is 45.8. The molecular weight excluding hydrogens is 349 g/mol. The molecule has 1 aromatic heterocycles. The molecule has 8 heteroatoms. The van der Waals surface area contributed by atoms with Crippen LogP contribution in [-0.4, -0.2) is 35.3 Å². The van der Waals surface area contributed by atoms with E-state index in [1.807, 2.05) is 13.0 Å².